The monoisotopic (exact) mass is 535 g/mol. The molecule has 1 aliphatic heterocycles. The normalized spacial score (nSPS) is 14.1. The molecule has 0 unspecified atom stereocenters. The topological polar surface area (TPSA) is 83.5 Å². The Morgan fingerprint density at radius 1 is 0.763 bits per heavy atom. The van der Waals surface area contributed by atoms with E-state index in [1.54, 1.807) is 50.6 Å². The summed E-state index contributed by atoms with van der Waals surface area (Å²) in [5.74, 6) is 2.62. The zero-order chi connectivity index (χ0) is 26.9. The quantitative estimate of drug-likeness (QED) is 0.219. The van der Waals surface area contributed by atoms with Gasteiger partial charge in [0.1, 0.15) is 25.6 Å². The van der Waals surface area contributed by atoms with E-state index in [9.17, 15) is 9.59 Å². The zero-order valence-corrected chi connectivity index (χ0v) is 22.3. The van der Waals surface area contributed by atoms with Crippen LogP contribution in [0.4, 0.5) is 4.79 Å². The molecule has 3 aromatic rings. The van der Waals surface area contributed by atoms with Crippen LogP contribution in [0.2, 0.25) is 0 Å². The first-order chi connectivity index (χ1) is 18.5. The van der Waals surface area contributed by atoms with Crippen molar-refractivity contribution in [3.63, 3.8) is 0 Å². The summed E-state index contributed by atoms with van der Waals surface area (Å²) in [7, 11) is 3.10. The smallest absolute Gasteiger partial charge is 0.293 e. The summed E-state index contributed by atoms with van der Waals surface area (Å²) in [5.41, 5.74) is 1.88. The first-order valence-electron chi connectivity index (χ1n) is 12.0. The third kappa shape index (κ3) is 6.80. The number of methoxy groups -OCH3 is 2. The van der Waals surface area contributed by atoms with Gasteiger partial charge >= 0.3 is 0 Å². The Hall–Kier alpha value is -4.11. The average molecular weight is 536 g/mol. The molecule has 0 bridgehead atoms. The first kappa shape index (κ1) is 26.9. The van der Waals surface area contributed by atoms with Crippen LogP contribution in [0.15, 0.2) is 71.6 Å². The molecular weight excluding hydrogens is 506 g/mol. The third-order valence-electron chi connectivity index (χ3n) is 5.63. The van der Waals surface area contributed by atoms with E-state index in [4.69, 9.17) is 23.7 Å². The highest BCUT2D eigenvalue weighted by molar-refractivity contribution is 8.18. The van der Waals surface area contributed by atoms with Gasteiger partial charge in [-0.15, -0.1) is 0 Å². The van der Waals surface area contributed by atoms with Crippen molar-refractivity contribution < 1.29 is 33.3 Å². The lowest BCUT2D eigenvalue weighted by Gasteiger charge is -2.14. The van der Waals surface area contributed by atoms with E-state index in [0.717, 1.165) is 17.5 Å². The van der Waals surface area contributed by atoms with Gasteiger partial charge in [-0.2, -0.15) is 0 Å². The number of para-hydroxylation sites is 2. The van der Waals surface area contributed by atoms with E-state index in [1.165, 1.54) is 10.5 Å². The van der Waals surface area contributed by atoms with Crippen LogP contribution in [-0.2, 0) is 4.79 Å². The predicted molar refractivity (Wildman–Crippen MR) is 146 cm³/mol. The summed E-state index contributed by atoms with van der Waals surface area (Å²) in [5, 5.41) is -0.342. The van der Waals surface area contributed by atoms with Crippen molar-refractivity contribution in [1.82, 2.24) is 4.90 Å². The molecule has 1 aliphatic rings. The highest BCUT2D eigenvalue weighted by Crippen LogP contribution is 2.35. The number of ether oxygens (including phenoxy) is 5. The third-order valence-corrected chi connectivity index (χ3v) is 6.54. The molecule has 1 saturated heterocycles. The fourth-order valence-electron chi connectivity index (χ4n) is 3.67. The molecule has 9 heteroatoms. The lowest BCUT2D eigenvalue weighted by atomic mass is 10.2. The number of carbonyl (C=O) groups is 2. The molecule has 2 amide bonds. The van der Waals surface area contributed by atoms with Gasteiger partial charge < -0.3 is 23.7 Å². The molecule has 0 aliphatic carbocycles. The molecule has 8 nitrogen and oxygen atoms in total. The van der Waals surface area contributed by atoms with Crippen molar-refractivity contribution in [3.05, 3.63) is 82.8 Å². The summed E-state index contributed by atoms with van der Waals surface area (Å²) in [6, 6.07) is 20.3. The van der Waals surface area contributed by atoms with E-state index in [2.05, 4.69) is 0 Å². The van der Waals surface area contributed by atoms with Crippen LogP contribution in [-0.4, -0.2) is 56.6 Å². The maximum absolute atomic E-state index is 12.9. The number of imide groups is 1. The van der Waals surface area contributed by atoms with E-state index in [-0.39, 0.29) is 24.3 Å². The number of carbonyl (C=O) groups excluding carboxylic acids is 2. The highest BCUT2D eigenvalue weighted by Gasteiger charge is 2.34. The second-order valence-corrected chi connectivity index (χ2v) is 9.25. The van der Waals surface area contributed by atoms with Crippen molar-refractivity contribution >= 4 is 29.0 Å². The SMILES string of the molecule is COc1cc(/C=C2\SC(=O)N(CCOc3ccccc3OC)C2=O)ccc1OCCOc1ccc(C)cc1. The number of benzene rings is 3. The molecule has 0 aromatic heterocycles. The molecule has 38 heavy (non-hydrogen) atoms. The lowest BCUT2D eigenvalue weighted by molar-refractivity contribution is -0.123. The molecule has 4 rings (SSSR count). The molecule has 0 saturated carbocycles. The number of thioether (sulfide) groups is 1. The van der Waals surface area contributed by atoms with Crippen LogP contribution in [0, 0.1) is 6.92 Å². The second-order valence-electron chi connectivity index (χ2n) is 8.25. The van der Waals surface area contributed by atoms with Gasteiger partial charge in [-0.3, -0.25) is 14.5 Å². The van der Waals surface area contributed by atoms with Crippen LogP contribution >= 0.6 is 11.8 Å². The molecular formula is C29H29NO7S. The Morgan fingerprint density at radius 2 is 1.42 bits per heavy atom. The van der Waals surface area contributed by atoms with Crippen LogP contribution in [0.3, 0.4) is 0 Å². The first-order valence-corrected chi connectivity index (χ1v) is 12.8. The van der Waals surface area contributed by atoms with Crippen molar-refractivity contribution in [2.24, 2.45) is 0 Å². The standard InChI is InChI=1S/C29H29NO7S/c1-20-8-11-22(12-9-20)35-16-17-37-25-13-10-21(18-26(25)34-3)19-27-28(31)30(29(32)38-27)14-15-36-24-7-5-4-6-23(24)33-2/h4-13,18-19H,14-17H2,1-3H3/b27-19-. The van der Waals surface area contributed by atoms with E-state index in [0.29, 0.717) is 46.7 Å². The minimum absolute atomic E-state index is 0.126. The van der Waals surface area contributed by atoms with Gasteiger partial charge in [-0.1, -0.05) is 35.9 Å². The second kappa shape index (κ2) is 12.9. The zero-order valence-electron chi connectivity index (χ0n) is 21.5. The molecule has 0 N–H and O–H groups in total. The van der Waals surface area contributed by atoms with E-state index >= 15 is 0 Å². The van der Waals surface area contributed by atoms with E-state index < -0.39 is 0 Å². The summed E-state index contributed by atoms with van der Waals surface area (Å²) < 4.78 is 28.0. The van der Waals surface area contributed by atoms with Crippen molar-refractivity contribution in [2.45, 2.75) is 6.92 Å². The van der Waals surface area contributed by atoms with Crippen molar-refractivity contribution in [1.29, 1.82) is 0 Å². The molecule has 0 spiro atoms. The van der Waals surface area contributed by atoms with Gasteiger partial charge in [-0.05, 0) is 66.7 Å². The summed E-state index contributed by atoms with van der Waals surface area (Å²) in [4.78, 5) is 26.9. The largest absolute Gasteiger partial charge is 0.493 e. The van der Waals surface area contributed by atoms with Gasteiger partial charge in [0.2, 0.25) is 0 Å². The van der Waals surface area contributed by atoms with Crippen molar-refractivity contribution in [3.8, 4) is 28.7 Å². The maximum atomic E-state index is 12.9. The minimum atomic E-state index is -0.365. The maximum Gasteiger partial charge on any atom is 0.293 e. The molecule has 3 aromatic carbocycles. The van der Waals surface area contributed by atoms with Crippen LogP contribution < -0.4 is 23.7 Å². The fraction of sp³-hybridized carbons (Fsp3) is 0.241. The van der Waals surface area contributed by atoms with Crippen LogP contribution in [0.5, 0.6) is 28.7 Å². The van der Waals surface area contributed by atoms with Gasteiger partial charge in [-0.25, -0.2) is 0 Å². The Labute approximate surface area is 226 Å². The van der Waals surface area contributed by atoms with Gasteiger partial charge in [0.15, 0.2) is 23.0 Å². The minimum Gasteiger partial charge on any atom is -0.493 e. The predicted octanol–water partition coefficient (Wildman–Crippen LogP) is 5.59. The number of amides is 2. The molecule has 1 fully saturated rings. The Bertz CT molecular complexity index is 1310. The average Bonchev–Trinajstić information content (AvgIpc) is 3.20. The van der Waals surface area contributed by atoms with E-state index in [1.807, 2.05) is 43.3 Å². The number of hydrogen-bond acceptors (Lipinski definition) is 8. The Balaban J connectivity index is 1.32. The number of aryl methyl sites for hydroxylation is 1. The van der Waals surface area contributed by atoms with Crippen LogP contribution in [0.25, 0.3) is 6.08 Å². The number of hydrogen-bond donors (Lipinski definition) is 0. The number of nitrogens with zero attached hydrogens (tertiary/aromatic N) is 1. The summed E-state index contributed by atoms with van der Waals surface area (Å²) in [6.07, 6.45) is 1.67. The lowest BCUT2D eigenvalue weighted by Crippen LogP contribution is -2.32. The van der Waals surface area contributed by atoms with Crippen LogP contribution in [0.1, 0.15) is 11.1 Å². The summed E-state index contributed by atoms with van der Waals surface area (Å²) in [6.45, 7) is 3.01. The van der Waals surface area contributed by atoms with Gasteiger partial charge in [0.05, 0.1) is 25.7 Å². The van der Waals surface area contributed by atoms with Gasteiger partial charge in [0.25, 0.3) is 11.1 Å². The Kier molecular flexibility index (Phi) is 9.16. The summed E-state index contributed by atoms with van der Waals surface area (Å²) >= 11 is 0.893. The number of rotatable bonds is 12. The van der Waals surface area contributed by atoms with Crippen molar-refractivity contribution in [2.75, 3.05) is 40.6 Å². The fourth-order valence-corrected chi connectivity index (χ4v) is 4.53. The molecule has 0 radical (unpaired) electrons. The molecule has 198 valence electrons. The Morgan fingerprint density at radius 3 is 2.16 bits per heavy atom. The molecule has 0 atom stereocenters. The molecule has 1 heterocycles. The highest BCUT2D eigenvalue weighted by atomic mass is 32.2. The van der Waals surface area contributed by atoms with Gasteiger partial charge in [0, 0.05) is 0 Å².